The van der Waals surface area contributed by atoms with Crippen molar-refractivity contribution in [2.75, 3.05) is 0 Å². The standard InChI is InChI=1S/C8H17N3O7P2.2Na/c1-2-3-4-7-5-9-10-11(7)6-8(12,19(13,14)15)20(16,17)18;;/h5,12H,2-4,6H2,1H3,(H2,13,14,15)(H2,16,17,18);;/q;2*+1/p-2. The van der Waals surface area contributed by atoms with Crippen molar-refractivity contribution in [3.8, 4) is 0 Å². The summed E-state index contributed by atoms with van der Waals surface area (Å²) in [5.41, 5.74) is 0.368. The van der Waals surface area contributed by atoms with Crippen LogP contribution < -0.4 is 68.9 Å². The van der Waals surface area contributed by atoms with Gasteiger partial charge in [-0.2, -0.15) is 0 Å². The third-order valence-electron chi connectivity index (χ3n) is 2.75. The molecule has 1 aromatic heterocycles. The van der Waals surface area contributed by atoms with Gasteiger partial charge in [-0.25, -0.2) is 4.68 Å². The number of rotatable bonds is 7. The number of aliphatic hydroxyl groups is 1. The van der Waals surface area contributed by atoms with Crippen LogP contribution in [0, 0.1) is 0 Å². The number of hydrogen-bond acceptors (Lipinski definition) is 7. The molecule has 0 aliphatic heterocycles. The summed E-state index contributed by atoms with van der Waals surface area (Å²) >= 11 is 0. The van der Waals surface area contributed by atoms with Crippen molar-refractivity contribution < 1.29 is 92.9 Å². The Kier molecular flexibility index (Phi) is 11.4. The minimum atomic E-state index is -5.80. The normalized spacial score (nSPS) is 19.0. The molecule has 1 rings (SSSR count). The molecule has 1 aromatic rings. The van der Waals surface area contributed by atoms with Gasteiger partial charge >= 0.3 is 59.1 Å². The molecular weight excluding hydrogens is 358 g/mol. The van der Waals surface area contributed by atoms with Gasteiger partial charge in [0, 0.05) is 0 Å². The molecule has 0 aliphatic rings. The Morgan fingerprint density at radius 2 is 1.77 bits per heavy atom. The van der Waals surface area contributed by atoms with E-state index in [1.165, 1.54) is 6.20 Å². The Morgan fingerprint density at radius 1 is 1.27 bits per heavy atom. The fourth-order valence-electron chi connectivity index (χ4n) is 1.50. The van der Waals surface area contributed by atoms with E-state index in [4.69, 9.17) is 9.79 Å². The van der Waals surface area contributed by atoms with E-state index in [0.717, 1.165) is 11.1 Å². The first-order valence-electron chi connectivity index (χ1n) is 5.70. The van der Waals surface area contributed by atoms with Gasteiger partial charge < -0.3 is 33.8 Å². The topological polar surface area (TPSA) is 172 Å². The predicted octanol–water partition coefficient (Wildman–Crippen LogP) is -7.63. The monoisotopic (exact) mass is 373 g/mol. The Labute approximate surface area is 171 Å². The molecule has 0 saturated carbocycles. The van der Waals surface area contributed by atoms with Gasteiger partial charge in [0.2, 0.25) is 5.08 Å². The molecule has 2 atom stereocenters. The average Bonchev–Trinajstić information content (AvgIpc) is 2.70. The summed E-state index contributed by atoms with van der Waals surface area (Å²) in [4.78, 5) is 40.0. The zero-order chi connectivity index (χ0) is 15.6. The van der Waals surface area contributed by atoms with Crippen molar-refractivity contribution in [1.82, 2.24) is 15.0 Å². The van der Waals surface area contributed by atoms with Crippen LogP contribution >= 0.6 is 15.2 Å². The summed E-state index contributed by atoms with van der Waals surface area (Å²) in [7, 11) is -11.6. The average molecular weight is 373 g/mol. The van der Waals surface area contributed by atoms with Gasteiger partial charge in [-0.15, -0.1) is 5.10 Å². The van der Waals surface area contributed by atoms with Gasteiger partial charge in [0.05, 0.1) is 18.4 Å². The van der Waals surface area contributed by atoms with E-state index < -0.39 is 26.8 Å². The first-order valence-corrected chi connectivity index (χ1v) is 8.86. The van der Waals surface area contributed by atoms with Gasteiger partial charge in [0.15, 0.2) is 15.2 Å². The Hall–Kier alpha value is 1.40. The zero-order valence-corrected chi connectivity index (χ0v) is 18.4. The summed E-state index contributed by atoms with van der Waals surface area (Å²) in [5, 5.41) is 12.8. The largest absolute Gasteiger partial charge is 1.00 e. The molecule has 0 fully saturated rings. The van der Waals surface area contributed by atoms with Crippen molar-refractivity contribution >= 4 is 15.2 Å². The van der Waals surface area contributed by atoms with Crippen LogP contribution in [0.25, 0.3) is 0 Å². The molecular formula is C8H15N3Na2O7P2. The predicted molar refractivity (Wildman–Crippen MR) is 63.2 cm³/mol. The number of unbranched alkanes of at least 4 members (excludes halogenated alkanes) is 1. The molecule has 116 valence electrons. The van der Waals surface area contributed by atoms with Crippen molar-refractivity contribution in [3.63, 3.8) is 0 Å². The summed E-state index contributed by atoms with van der Waals surface area (Å²) in [6.07, 6.45) is 3.21. The molecule has 0 amide bonds. The van der Waals surface area contributed by atoms with Crippen molar-refractivity contribution in [3.05, 3.63) is 11.9 Å². The molecule has 14 heteroatoms. The second-order valence-corrected chi connectivity index (χ2v) is 8.22. The molecule has 0 aromatic carbocycles. The van der Waals surface area contributed by atoms with E-state index in [0.29, 0.717) is 18.5 Å². The third-order valence-corrected chi connectivity index (χ3v) is 6.36. The van der Waals surface area contributed by atoms with E-state index >= 15 is 0 Å². The maximum atomic E-state index is 11.1. The smallest absolute Gasteiger partial charge is 0.776 e. The molecule has 3 N–H and O–H groups in total. The molecule has 0 spiro atoms. The van der Waals surface area contributed by atoms with Crippen LogP contribution in [0.2, 0.25) is 0 Å². The van der Waals surface area contributed by atoms with Gasteiger partial charge in [0.1, 0.15) is 0 Å². The van der Waals surface area contributed by atoms with E-state index in [1.54, 1.807) is 0 Å². The molecule has 0 aliphatic carbocycles. The van der Waals surface area contributed by atoms with Crippen LogP contribution in [0.1, 0.15) is 25.5 Å². The summed E-state index contributed by atoms with van der Waals surface area (Å²) < 4.78 is 23.0. The molecule has 10 nitrogen and oxygen atoms in total. The number of aryl methyl sites for hydroxylation is 1. The van der Waals surface area contributed by atoms with Crippen LogP contribution in [0.4, 0.5) is 0 Å². The van der Waals surface area contributed by atoms with E-state index in [1.807, 2.05) is 6.92 Å². The second-order valence-electron chi connectivity index (χ2n) is 4.30. The summed E-state index contributed by atoms with van der Waals surface area (Å²) in [6, 6.07) is 0. The quantitative estimate of drug-likeness (QED) is 0.310. The minimum Gasteiger partial charge on any atom is -0.776 e. The summed E-state index contributed by atoms with van der Waals surface area (Å²) in [6.45, 7) is 0.740. The van der Waals surface area contributed by atoms with E-state index in [9.17, 15) is 24.0 Å². The second kappa shape index (κ2) is 9.77. The SMILES string of the molecule is CCCCc1cnnn1CC(O)(P(=O)([O-])O)P(=O)([O-])O.[Na+].[Na+]. The fourth-order valence-corrected chi connectivity index (χ4v) is 3.41. The van der Waals surface area contributed by atoms with Gasteiger partial charge in [-0.1, -0.05) is 18.6 Å². The molecule has 0 saturated heterocycles. The Balaban J connectivity index is 0. The maximum Gasteiger partial charge on any atom is 1.00 e. The van der Waals surface area contributed by atoms with Crippen LogP contribution in [-0.2, 0) is 22.1 Å². The van der Waals surface area contributed by atoms with Crippen LogP contribution in [0.15, 0.2) is 6.20 Å². The number of hydrogen-bond donors (Lipinski definition) is 3. The van der Waals surface area contributed by atoms with Crippen molar-refractivity contribution in [2.45, 2.75) is 37.8 Å². The Morgan fingerprint density at radius 3 is 2.18 bits per heavy atom. The fraction of sp³-hybridized carbons (Fsp3) is 0.750. The van der Waals surface area contributed by atoms with Crippen molar-refractivity contribution in [2.24, 2.45) is 0 Å². The number of nitrogens with zero attached hydrogens (tertiary/aromatic N) is 3. The van der Waals surface area contributed by atoms with Gasteiger partial charge in [-0.3, -0.25) is 0 Å². The first kappa shape index (κ1) is 25.6. The van der Waals surface area contributed by atoms with Crippen LogP contribution in [0.3, 0.4) is 0 Å². The Bertz CT molecular complexity index is 536. The molecule has 1 heterocycles. The minimum absolute atomic E-state index is 0. The van der Waals surface area contributed by atoms with Crippen LogP contribution in [0.5, 0.6) is 0 Å². The molecule has 0 radical (unpaired) electrons. The van der Waals surface area contributed by atoms with Gasteiger partial charge in [-0.05, 0) is 12.8 Å². The zero-order valence-electron chi connectivity index (χ0n) is 12.6. The first-order chi connectivity index (χ1) is 9.03. The van der Waals surface area contributed by atoms with E-state index in [-0.39, 0.29) is 59.1 Å². The van der Waals surface area contributed by atoms with Crippen molar-refractivity contribution in [1.29, 1.82) is 0 Å². The van der Waals surface area contributed by atoms with Crippen LogP contribution in [-0.4, -0.2) is 35.0 Å². The molecule has 2 unspecified atom stereocenters. The molecule has 22 heavy (non-hydrogen) atoms. The van der Waals surface area contributed by atoms with Gasteiger partial charge in [0.25, 0.3) is 0 Å². The maximum absolute atomic E-state index is 11.1. The van der Waals surface area contributed by atoms with E-state index in [2.05, 4.69) is 10.3 Å². The third kappa shape index (κ3) is 6.04. The molecule has 0 bridgehead atoms. The summed E-state index contributed by atoms with van der Waals surface area (Å²) in [5.74, 6) is 0. The number of aromatic nitrogens is 3.